The molecule has 0 amide bonds. The predicted molar refractivity (Wildman–Crippen MR) is 150 cm³/mol. The van der Waals surface area contributed by atoms with Crippen LogP contribution in [0.5, 0.6) is 23.0 Å². The van der Waals surface area contributed by atoms with Gasteiger partial charge in [-0.3, -0.25) is 4.79 Å². The summed E-state index contributed by atoms with van der Waals surface area (Å²) < 4.78 is 24.1. The molecule has 9 nitrogen and oxygen atoms in total. The topological polar surface area (TPSA) is 109 Å². The average Bonchev–Trinajstić information content (AvgIpc) is 3.38. The van der Waals surface area contributed by atoms with E-state index in [0.29, 0.717) is 59.7 Å². The number of carbonyl (C=O) groups is 2. The van der Waals surface area contributed by atoms with Gasteiger partial charge in [-0.05, 0) is 56.7 Å². The number of benzene rings is 3. The van der Waals surface area contributed by atoms with Crippen LogP contribution >= 0.6 is 0 Å². The van der Waals surface area contributed by atoms with E-state index in [-0.39, 0.29) is 5.78 Å². The van der Waals surface area contributed by atoms with Gasteiger partial charge < -0.3 is 28.6 Å². The fraction of sp³-hybridized carbons (Fsp3) is 0.258. The summed E-state index contributed by atoms with van der Waals surface area (Å²) >= 11 is 0. The van der Waals surface area contributed by atoms with E-state index in [2.05, 4.69) is 0 Å². The number of methoxy groups -OCH3 is 2. The first-order valence-corrected chi connectivity index (χ1v) is 12.8. The van der Waals surface area contributed by atoms with Crippen molar-refractivity contribution < 1.29 is 33.6 Å². The predicted octanol–water partition coefficient (Wildman–Crippen LogP) is 5.51. The van der Waals surface area contributed by atoms with Gasteiger partial charge in [-0.15, -0.1) is 0 Å². The summed E-state index contributed by atoms with van der Waals surface area (Å²) in [6.45, 7) is 3.78. The normalized spacial score (nSPS) is 11.1. The van der Waals surface area contributed by atoms with E-state index in [9.17, 15) is 14.7 Å². The molecule has 0 atom stereocenters. The smallest absolute Gasteiger partial charge is 0.347 e. The molecule has 4 rings (SSSR count). The van der Waals surface area contributed by atoms with Gasteiger partial charge in [0.25, 0.3) is 0 Å². The van der Waals surface area contributed by atoms with Gasteiger partial charge in [0.1, 0.15) is 23.0 Å². The Morgan fingerprint density at radius 1 is 0.900 bits per heavy atom. The molecule has 1 heterocycles. The molecule has 1 N–H and O–H groups in total. The molecule has 3 aromatic carbocycles. The molecule has 1 aromatic heterocycles. The Kier molecular flexibility index (Phi) is 8.73. The van der Waals surface area contributed by atoms with E-state index >= 15 is 0 Å². The second-order valence-electron chi connectivity index (χ2n) is 9.50. The number of aliphatic carboxylic acids is 1. The highest BCUT2D eigenvalue weighted by atomic mass is 16.5. The van der Waals surface area contributed by atoms with Crippen molar-refractivity contribution >= 4 is 11.8 Å². The minimum Gasteiger partial charge on any atom is -0.497 e. The number of hydrogen-bond donors (Lipinski definition) is 1. The first-order chi connectivity index (χ1) is 19.2. The van der Waals surface area contributed by atoms with E-state index in [1.165, 1.54) is 13.8 Å². The summed E-state index contributed by atoms with van der Waals surface area (Å²) in [5.41, 5.74) is 0.497. The van der Waals surface area contributed by atoms with Crippen LogP contribution < -0.4 is 18.9 Å². The van der Waals surface area contributed by atoms with Crippen LogP contribution in [0, 0.1) is 0 Å². The van der Waals surface area contributed by atoms with Gasteiger partial charge in [-0.1, -0.05) is 30.3 Å². The number of carbonyl (C=O) groups excluding carboxylic acids is 1. The van der Waals surface area contributed by atoms with Crippen molar-refractivity contribution in [1.29, 1.82) is 0 Å². The number of hydrogen-bond acceptors (Lipinski definition) is 7. The third-order valence-electron chi connectivity index (χ3n) is 6.20. The van der Waals surface area contributed by atoms with Crippen LogP contribution in [0.4, 0.5) is 0 Å². The fourth-order valence-corrected chi connectivity index (χ4v) is 4.04. The second kappa shape index (κ2) is 12.4. The maximum Gasteiger partial charge on any atom is 0.347 e. The number of ketones is 1. The van der Waals surface area contributed by atoms with Crippen molar-refractivity contribution in [3.05, 3.63) is 90.4 Å². The first-order valence-electron chi connectivity index (χ1n) is 12.8. The molecule has 0 aliphatic carbocycles. The molecule has 0 spiro atoms. The fourth-order valence-electron chi connectivity index (χ4n) is 4.04. The molecule has 9 heteroatoms. The number of imidazole rings is 1. The Morgan fingerprint density at radius 2 is 1.62 bits per heavy atom. The number of para-hydroxylation sites is 1. The van der Waals surface area contributed by atoms with Crippen LogP contribution in [-0.4, -0.2) is 52.8 Å². The third-order valence-corrected chi connectivity index (χ3v) is 6.20. The van der Waals surface area contributed by atoms with Crippen LogP contribution in [0.3, 0.4) is 0 Å². The van der Waals surface area contributed by atoms with Crippen LogP contribution in [0.25, 0.3) is 11.3 Å². The van der Waals surface area contributed by atoms with Crippen LogP contribution in [0.2, 0.25) is 0 Å². The molecule has 0 bridgehead atoms. The Bertz CT molecular complexity index is 1490. The number of aromatic nitrogens is 2. The number of rotatable bonds is 13. The van der Waals surface area contributed by atoms with Gasteiger partial charge in [0.15, 0.2) is 11.4 Å². The van der Waals surface area contributed by atoms with Gasteiger partial charge in [0.05, 0.1) is 26.5 Å². The number of carboxylic acids is 1. The minimum atomic E-state index is -1.37. The van der Waals surface area contributed by atoms with E-state index < -0.39 is 11.6 Å². The molecule has 0 radical (unpaired) electrons. The second-order valence-corrected chi connectivity index (χ2v) is 9.50. The lowest BCUT2D eigenvalue weighted by atomic mass is 10.1. The Hall–Kier alpha value is -4.79. The molecule has 0 unspecified atom stereocenters. The van der Waals surface area contributed by atoms with E-state index in [4.69, 9.17) is 23.9 Å². The molecule has 0 saturated heterocycles. The summed E-state index contributed by atoms with van der Waals surface area (Å²) in [4.78, 5) is 29.6. The van der Waals surface area contributed by atoms with Crippen molar-refractivity contribution in [1.82, 2.24) is 9.55 Å². The molecule has 0 fully saturated rings. The van der Waals surface area contributed by atoms with Crippen molar-refractivity contribution in [2.24, 2.45) is 0 Å². The van der Waals surface area contributed by atoms with Crippen molar-refractivity contribution in [2.45, 2.75) is 32.4 Å². The molecular weight excluding hydrogens is 512 g/mol. The molecule has 0 aliphatic heterocycles. The monoisotopic (exact) mass is 544 g/mol. The highest BCUT2D eigenvalue weighted by molar-refractivity contribution is 6.07. The van der Waals surface area contributed by atoms with E-state index in [1.54, 1.807) is 62.8 Å². The van der Waals surface area contributed by atoms with Crippen molar-refractivity contribution in [3.63, 3.8) is 0 Å². The minimum absolute atomic E-state index is 0.230. The lowest BCUT2D eigenvalue weighted by Crippen LogP contribution is -2.37. The molecule has 40 heavy (non-hydrogen) atoms. The zero-order chi connectivity index (χ0) is 28.7. The zero-order valence-corrected chi connectivity index (χ0v) is 22.9. The molecule has 4 aromatic rings. The largest absolute Gasteiger partial charge is 0.497 e. The summed E-state index contributed by atoms with van der Waals surface area (Å²) in [6, 6.07) is 21.3. The zero-order valence-electron chi connectivity index (χ0n) is 22.9. The third kappa shape index (κ3) is 6.61. The van der Waals surface area contributed by atoms with E-state index in [0.717, 1.165) is 5.56 Å². The Balaban J connectivity index is 1.52. The van der Waals surface area contributed by atoms with Gasteiger partial charge in [0.2, 0.25) is 5.78 Å². The Morgan fingerprint density at radius 3 is 2.38 bits per heavy atom. The molecule has 0 aliphatic rings. The maximum atomic E-state index is 13.5. The summed E-state index contributed by atoms with van der Waals surface area (Å²) in [6.07, 6.45) is 2.42. The van der Waals surface area contributed by atoms with E-state index in [1.807, 2.05) is 35.0 Å². The van der Waals surface area contributed by atoms with Crippen LogP contribution in [-0.2, 0) is 11.3 Å². The van der Waals surface area contributed by atoms with Crippen molar-refractivity contribution in [2.75, 3.05) is 20.8 Å². The average molecular weight is 545 g/mol. The summed E-state index contributed by atoms with van der Waals surface area (Å²) in [7, 11) is 3.15. The summed E-state index contributed by atoms with van der Waals surface area (Å²) in [5.74, 6) is 1.18. The van der Waals surface area contributed by atoms with Crippen LogP contribution in [0.1, 0.15) is 36.5 Å². The molecular formula is C31H32N2O7. The number of carboxylic acid groups (broad SMARTS) is 1. The van der Waals surface area contributed by atoms with Crippen LogP contribution in [0.15, 0.2) is 79.0 Å². The number of aryl methyl sites for hydroxylation is 1. The standard InChI is InChI=1S/C31H32N2O7/c1-31(2,30(35)36)40-24-13-8-12-23(19-24)39-17-9-16-33-20-26(25-14-5-6-15-27(25)38-4)32-29(33)28(34)21-10-7-11-22(18-21)37-3/h5-8,10-15,18-20H,9,16-17H2,1-4H3,(H,35,36). The number of ether oxygens (including phenoxy) is 4. The van der Waals surface area contributed by atoms with Gasteiger partial charge in [0, 0.05) is 29.9 Å². The van der Waals surface area contributed by atoms with Gasteiger partial charge in [-0.2, -0.15) is 0 Å². The Labute approximate surface area is 232 Å². The lowest BCUT2D eigenvalue weighted by molar-refractivity contribution is -0.152. The van der Waals surface area contributed by atoms with Gasteiger partial charge in [-0.25, -0.2) is 9.78 Å². The van der Waals surface area contributed by atoms with Crippen molar-refractivity contribution in [3.8, 4) is 34.3 Å². The number of nitrogens with zero attached hydrogens (tertiary/aromatic N) is 2. The maximum absolute atomic E-state index is 13.5. The highest BCUT2D eigenvalue weighted by Gasteiger charge is 2.29. The first kappa shape index (κ1) is 28.2. The SMILES string of the molecule is COc1cccc(C(=O)c2nc(-c3ccccc3OC)cn2CCCOc2cccc(OC(C)(C)C(=O)O)c2)c1. The quantitative estimate of drug-likeness (QED) is 0.173. The molecule has 208 valence electrons. The summed E-state index contributed by atoms with van der Waals surface area (Å²) in [5, 5.41) is 9.32. The lowest BCUT2D eigenvalue weighted by Gasteiger charge is -2.21. The van der Waals surface area contributed by atoms with Gasteiger partial charge >= 0.3 is 5.97 Å². The highest BCUT2D eigenvalue weighted by Crippen LogP contribution is 2.30. The molecule has 0 saturated carbocycles.